The predicted octanol–water partition coefficient (Wildman–Crippen LogP) is 5.34. The molecule has 0 heterocycles. The van der Waals surface area contributed by atoms with Crippen LogP contribution in [0.2, 0.25) is 0 Å². The van der Waals surface area contributed by atoms with Crippen molar-refractivity contribution >= 4 is 21.8 Å². The van der Waals surface area contributed by atoms with Crippen molar-refractivity contribution in [2.75, 3.05) is 24.5 Å². The highest BCUT2D eigenvalue weighted by Crippen LogP contribution is 2.22. The minimum atomic E-state index is -3.55. The second-order valence-corrected chi connectivity index (χ2v) is 9.04. The second-order valence-electron chi connectivity index (χ2n) is 7.10. The Morgan fingerprint density at radius 1 is 0.821 bits per heavy atom. The van der Waals surface area contributed by atoms with Crippen molar-refractivity contribution in [1.29, 1.82) is 0 Å². The van der Waals surface area contributed by atoms with E-state index in [9.17, 15) is 18.3 Å². The van der Waals surface area contributed by atoms with Crippen molar-refractivity contribution in [3.63, 3.8) is 0 Å². The maximum Gasteiger partial charge on any atom is 0.411 e. The molecule has 0 radical (unpaired) electrons. The minimum Gasteiger partial charge on any atom is -0.465 e. The Labute approximate surface area is 170 Å². The summed E-state index contributed by atoms with van der Waals surface area (Å²) in [5.74, 6) is 0. The van der Waals surface area contributed by atoms with Gasteiger partial charge in [0, 0.05) is 25.3 Å². The van der Waals surface area contributed by atoms with Crippen molar-refractivity contribution < 1.29 is 18.3 Å². The predicted molar refractivity (Wildman–Crippen MR) is 115 cm³/mol. The fourth-order valence-corrected chi connectivity index (χ4v) is 4.81. The number of benzene rings is 1. The Morgan fingerprint density at radius 3 is 1.86 bits per heavy atom. The highest BCUT2D eigenvalue weighted by Gasteiger charge is 2.23. The maximum atomic E-state index is 12.8. The molecule has 0 bridgehead atoms. The first-order valence-electron chi connectivity index (χ1n) is 10.5. The van der Waals surface area contributed by atoms with E-state index in [0.717, 1.165) is 32.1 Å². The van der Waals surface area contributed by atoms with Crippen LogP contribution in [-0.4, -0.2) is 43.6 Å². The summed E-state index contributed by atoms with van der Waals surface area (Å²) in [6.45, 7) is 7.46. The monoisotopic (exact) mass is 412 g/mol. The normalized spacial score (nSPS) is 11.7. The van der Waals surface area contributed by atoms with Gasteiger partial charge in [-0.3, -0.25) is 4.90 Å². The van der Waals surface area contributed by atoms with Gasteiger partial charge in [-0.2, -0.15) is 4.31 Å². The Morgan fingerprint density at radius 2 is 1.36 bits per heavy atom. The van der Waals surface area contributed by atoms with Crippen LogP contribution < -0.4 is 4.90 Å². The van der Waals surface area contributed by atoms with Gasteiger partial charge in [-0.15, -0.1) is 0 Å². The van der Waals surface area contributed by atoms with E-state index in [1.807, 2.05) is 13.8 Å². The third-order valence-corrected chi connectivity index (χ3v) is 6.61. The third-order valence-electron chi connectivity index (χ3n) is 4.70. The van der Waals surface area contributed by atoms with Crippen molar-refractivity contribution in [2.45, 2.75) is 77.0 Å². The average molecular weight is 413 g/mol. The van der Waals surface area contributed by atoms with Crippen LogP contribution in [0.25, 0.3) is 0 Å². The van der Waals surface area contributed by atoms with Crippen molar-refractivity contribution in [3.05, 3.63) is 24.3 Å². The van der Waals surface area contributed by atoms with Crippen LogP contribution in [0.15, 0.2) is 29.2 Å². The van der Waals surface area contributed by atoms with Crippen LogP contribution in [0.3, 0.4) is 0 Å². The average Bonchev–Trinajstić information content (AvgIpc) is 2.67. The second kappa shape index (κ2) is 12.8. The molecule has 1 N–H and O–H groups in total. The quantitative estimate of drug-likeness (QED) is 0.418. The summed E-state index contributed by atoms with van der Waals surface area (Å²) in [7, 11) is -3.55. The molecule has 0 aliphatic carbocycles. The lowest BCUT2D eigenvalue weighted by Gasteiger charge is -2.22. The lowest BCUT2D eigenvalue weighted by atomic mass is 10.1. The highest BCUT2D eigenvalue weighted by atomic mass is 32.2. The summed E-state index contributed by atoms with van der Waals surface area (Å²) >= 11 is 0. The number of hydrogen-bond acceptors (Lipinski definition) is 3. The zero-order valence-electron chi connectivity index (χ0n) is 17.6. The molecule has 6 nitrogen and oxygen atoms in total. The molecular weight excluding hydrogens is 376 g/mol. The van der Waals surface area contributed by atoms with Gasteiger partial charge in [-0.25, -0.2) is 13.2 Å². The lowest BCUT2D eigenvalue weighted by Crippen LogP contribution is -2.33. The largest absolute Gasteiger partial charge is 0.465 e. The molecule has 7 heteroatoms. The molecule has 1 rings (SSSR count). The van der Waals surface area contributed by atoms with E-state index >= 15 is 0 Å². The van der Waals surface area contributed by atoms with E-state index in [2.05, 4.69) is 6.92 Å². The van der Waals surface area contributed by atoms with E-state index < -0.39 is 16.1 Å². The molecular formula is C21H36N2O4S. The summed E-state index contributed by atoms with van der Waals surface area (Å²) in [6, 6.07) is 6.21. The van der Waals surface area contributed by atoms with Crippen LogP contribution in [0.4, 0.5) is 10.5 Å². The molecule has 0 atom stereocenters. The number of rotatable bonds is 14. The van der Waals surface area contributed by atoms with Gasteiger partial charge in [-0.05, 0) is 43.5 Å². The first-order chi connectivity index (χ1) is 13.4. The SMILES string of the molecule is CCCCCCCCN(C(=O)O)c1ccc(S(=O)(=O)N(CCC)CCC)cc1. The number of amides is 1. The number of unbranched alkanes of at least 4 members (excludes halogenated alkanes) is 5. The summed E-state index contributed by atoms with van der Waals surface area (Å²) in [4.78, 5) is 13.1. The number of carbonyl (C=O) groups is 1. The van der Waals surface area contributed by atoms with Gasteiger partial charge in [0.2, 0.25) is 10.0 Å². The van der Waals surface area contributed by atoms with Crippen LogP contribution in [0.5, 0.6) is 0 Å². The number of nitrogens with zero attached hydrogens (tertiary/aromatic N) is 2. The summed E-state index contributed by atoms with van der Waals surface area (Å²) in [5, 5.41) is 9.52. The smallest absolute Gasteiger partial charge is 0.411 e. The van der Waals surface area contributed by atoms with Crippen LogP contribution in [0, 0.1) is 0 Å². The first-order valence-corrected chi connectivity index (χ1v) is 11.9. The molecule has 1 aromatic carbocycles. The fraction of sp³-hybridized carbons (Fsp3) is 0.667. The van der Waals surface area contributed by atoms with Gasteiger partial charge < -0.3 is 5.11 Å². The Kier molecular flexibility index (Phi) is 11.2. The lowest BCUT2D eigenvalue weighted by molar-refractivity contribution is 0.201. The minimum absolute atomic E-state index is 0.211. The van der Waals surface area contributed by atoms with Crippen molar-refractivity contribution in [2.24, 2.45) is 0 Å². The Balaban J connectivity index is 2.82. The molecule has 0 aliphatic rings. The molecule has 0 spiro atoms. The molecule has 0 saturated heterocycles. The van der Waals surface area contributed by atoms with Crippen LogP contribution in [0.1, 0.15) is 72.1 Å². The topological polar surface area (TPSA) is 77.9 Å². The molecule has 0 fully saturated rings. The number of anilines is 1. The third kappa shape index (κ3) is 7.43. The molecule has 1 aromatic rings. The van der Waals surface area contributed by atoms with Gasteiger partial charge in [-0.1, -0.05) is 52.9 Å². The molecule has 0 aliphatic heterocycles. The van der Waals surface area contributed by atoms with E-state index in [1.54, 1.807) is 12.1 Å². The van der Waals surface area contributed by atoms with E-state index in [1.165, 1.54) is 40.6 Å². The van der Waals surface area contributed by atoms with Gasteiger partial charge in [0.25, 0.3) is 0 Å². The summed E-state index contributed by atoms with van der Waals surface area (Å²) in [6.07, 6.45) is 6.99. The molecule has 1 amide bonds. The van der Waals surface area contributed by atoms with Crippen molar-refractivity contribution in [1.82, 2.24) is 4.31 Å². The number of hydrogen-bond donors (Lipinski definition) is 1. The Bertz CT molecular complexity index is 668. The molecule has 28 heavy (non-hydrogen) atoms. The van der Waals surface area contributed by atoms with E-state index in [-0.39, 0.29) is 4.90 Å². The Hall–Kier alpha value is -1.60. The standard InChI is InChI=1S/C21H36N2O4S/c1-4-7-8-9-10-11-18-23(21(24)25)19-12-14-20(15-13-19)28(26,27)22(16-5-2)17-6-3/h12-15H,4-11,16-18H2,1-3H3,(H,24,25). The van der Waals surface area contributed by atoms with Gasteiger partial charge in [0.1, 0.15) is 0 Å². The summed E-state index contributed by atoms with van der Waals surface area (Å²) < 4.78 is 27.1. The molecule has 160 valence electrons. The zero-order valence-corrected chi connectivity index (χ0v) is 18.4. The van der Waals surface area contributed by atoms with E-state index in [0.29, 0.717) is 25.3 Å². The van der Waals surface area contributed by atoms with E-state index in [4.69, 9.17) is 0 Å². The zero-order chi connectivity index (χ0) is 21.0. The van der Waals surface area contributed by atoms with Gasteiger partial charge in [0.15, 0.2) is 0 Å². The molecule has 0 aromatic heterocycles. The maximum absolute atomic E-state index is 12.8. The fourth-order valence-electron chi connectivity index (χ4n) is 3.18. The molecule has 0 unspecified atom stereocenters. The molecule has 0 saturated carbocycles. The van der Waals surface area contributed by atoms with Gasteiger partial charge >= 0.3 is 6.09 Å². The number of sulfonamides is 1. The number of carboxylic acid groups (broad SMARTS) is 1. The highest BCUT2D eigenvalue weighted by molar-refractivity contribution is 7.89. The van der Waals surface area contributed by atoms with Gasteiger partial charge in [0.05, 0.1) is 4.90 Å². The van der Waals surface area contributed by atoms with Crippen molar-refractivity contribution in [3.8, 4) is 0 Å². The summed E-state index contributed by atoms with van der Waals surface area (Å²) in [5.41, 5.74) is 0.512. The van der Waals surface area contributed by atoms with Crippen LogP contribution in [-0.2, 0) is 10.0 Å². The first kappa shape index (κ1) is 24.4. The van der Waals surface area contributed by atoms with Crippen LogP contribution >= 0.6 is 0 Å².